The van der Waals surface area contributed by atoms with Crippen LogP contribution in [-0.4, -0.2) is 40.7 Å². The van der Waals surface area contributed by atoms with E-state index in [4.69, 9.17) is 4.74 Å². The van der Waals surface area contributed by atoms with Crippen molar-refractivity contribution in [3.63, 3.8) is 0 Å². The predicted molar refractivity (Wildman–Crippen MR) is 84.1 cm³/mol. The predicted octanol–water partition coefficient (Wildman–Crippen LogP) is 2.38. The molecule has 1 aliphatic rings. The number of rotatable bonds is 3. The number of ether oxygens (including phenoxy) is 1. The van der Waals surface area contributed by atoms with Crippen LogP contribution in [0.1, 0.15) is 32.7 Å². The van der Waals surface area contributed by atoms with Crippen molar-refractivity contribution in [1.82, 2.24) is 14.5 Å². The van der Waals surface area contributed by atoms with Gasteiger partial charge in [-0.3, -0.25) is 9.47 Å². The van der Waals surface area contributed by atoms with Crippen molar-refractivity contribution in [2.24, 2.45) is 0 Å². The Hall–Kier alpha value is -1.75. The monoisotopic (exact) mass is 289 g/mol. The fourth-order valence-corrected chi connectivity index (χ4v) is 3.32. The maximum atomic E-state index is 12.4. The molecule has 0 amide bonds. The van der Waals surface area contributed by atoms with Crippen LogP contribution in [0.25, 0.3) is 11.0 Å². The Balaban J connectivity index is 2.04. The SMILES string of the molecule is COc1cccc2c1[nH]c(=O)n2C1CCCN(C(C)C)C1. The van der Waals surface area contributed by atoms with Crippen LogP contribution in [0.15, 0.2) is 23.0 Å². The number of likely N-dealkylation sites (tertiary alicyclic amines) is 1. The Kier molecular flexibility index (Phi) is 3.76. The number of hydrogen-bond acceptors (Lipinski definition) is 3. The van der Waals surface area contributed by atoms with E-state index in [0.717, 1.165) is 42.7 Å². The first-order valence-corrected chi connectivity index (χ1v) is 7.63. The third-order valence-electron chi connectivity index (χ3n) is 4.46. The van der Waals surface area contributed by atoms with E-state index in [0.29, 0.717) is 6.04 Å². The Morgan fingerprint density at radius 1 is 1.38 bits per heavy atom. The molecule has 1 aliphatic heterocycles. The number of piperidine rings is 1. The van der Waals surface area contributed by atoms with E-state index in [1.54, 1.807) is 7.11 Å². The highest BCUT2D eigenvalue weighted by atomic mass is 16.5. The molecule has 21 heavy (non-hydrogen) atoms. The molecule has 0 aliphatic carbocycles. The van der Waals surface area contributed by atoms with Gasteiger partial charge < -0.3 is 9.72 Å². The second-order valence-electron chi connectivity index (χ2n) is 6.04. The van der Waals surface area contributed by atoms with Gasteiger partial charge in [0.2, 0.25) is 0 Å². The number of nitrogens with one attached hydrogen (secondary N) is 1. The number of nitrogens with zero attached hydrogens (tertiary/aromatic N) is 2. The summed E-state index contributed by atoms with van der Waals surface area (Å²) in [5.41, 5.74) is 1.70. The zero-order valence-corrected chi connectivity index (χ0v) is 12.9. The zero-order chi connectivity index (χ0) is 15.0. The summed E-state index contributed by atoms with van der Waals surface area (Å²) in [6.07, 6.45) is 2.18. The lowest BCUT2D eigenvalue weighted by atomic mass is 10.0. The van der Waals surface area contributed by atoms with Crippen molar-refractivity contribution in [3.05, 3.63) is 28.7 Å². The molecule has 1 aromatic carbocycles. The van der Waals surface area contributed by atoms with Crippen LogP contribution in [-0.2, 0) is 0 Å². The van der Waals surface area contributed by atoms with Crippen molar-refractivity contribution >= 4 is 11.0 Å². The maximum absolute atomic E-state index is 12.4. The highest BCUT2D eigenvalue weighted by molar-refractivity contribution is 5.82. The summed E-state index contributed by atoms with van der Waals surface area (Å²) in [6, 6.07) is 6.56. The summed E-state index contributed by atoms with van der Waals surface area (Å²) in [5, 5.41) is 0. The maximum Gasteiger partial charge on any atom is 0.326 e. The second kappa shape index (κ2) is 5.56. The molecule has 0 radical (unpaired) electrons. The summed E-state index contributed by atoms with van der Waals surface area (Å²) in [5.74, 6) is 0.722. The third kappa shape index (κ3) is 2.46. The molecule has 3 rings (SSSR count). The largest absolute Gasteiger partial charge is 0.494 e. The number of aromatic nitrogens is 2. The summed E-state index contributed by atoms with van der Waals surface area (Å²) in [4.78, 5) is 17.8. The molecular weight excluding hydrogens is 266 g/mol. The van der Waals surface area contributed by atoms with Crippen molar-refractivity contribution in [3.8, 4) is 5.75 Å². The third-order valence-corrected chi connectivity index (χ3v) is 4.46. The summed E-state index contributed by atoms with van der Waals surface area (Å²) in [7, 11) is 1.63. The lowest BCUT2D eigenvalue weighted by molar-refractivity contribution is 0.143. The quantitative estimate of drug-likeness (QED) is 0.944. The van der Waals surface area contributed by atoms with Crippen molar-refractivity contribution in [1.29, 1.82) is 0 Å². The van der Waals surface area contributed by atoms with Gasteiger partial charge in [-0.15, -0.1) is 0 Å². The summed E-state index contributed by atoms with van der Waals surface area (Å²) in [6.45, 7) is 6.48. The fourth-order valence-electron chi connectivity index (χ4n) is 3.32. The number of H-pyrrole nitrogens is 1. The first kappa shape index (κ1) is 14.2. The van der Waals surface area contributed by atoms with Gasteiger partial charge in [0.25, 0.3) is 0 Å². The minimum absolute atomic E-state index is 0.0369. The number of para-hydroxylation sites is 1. The van der Waals surface area contributed by atoms with Crippen LogP contribution in [0.4, 0.5) is 0 Å². The summed E-state index contributed by atoms with van der Waals surface area (Å²) < 4.78 is 7.26. The van der Waals surface area contributed by atoms with Gasteiger partial charge in [-0.1, -0.05) is 6.07 Å². The minimum atomic E-state index is -0.0369. The molecule has 5 heteroatoms. The zero-order valence-electron chi connectivity index (χ0n) is 12.9. The van der Waals surface area contributed by atoms with E-state index in [-0.39, 0.29) is 11.7 Å². The van der Waals surface area contributed by atoms with Gasteiger partial charge >= 0.3 is 5.69 Å². The molecule has 1 aromatic heterocycles. The molecule has 2 aromatic rings. The molecule has 0 saturated carbocycles. The number of imidazole rings is 1. The summed E-state index contributed by atoms with van der Waals surface area (Å²) >= 11 is 0. The lowest BCUT2D eigenvalue weighted by Gasteiger charge is -2.35. The fraction of sp³-hybridized carbons (Fsp3) is 0.562. The minimum Gasteiger partial charge on any atom is -0.494 e. The van der Waals surface area contributed by atoms with Crippen LogP contribution in [0.3, 0.4) is 0 Å². The molecule has 0 bridgehead atoms. The first-order chi connectivity index (χ1) is 10.1. The molecule has 1 atom stereocenters. The normalized spacial score (nSPS) is 20.3. The van der Waals surface area contributed by atoms with Crippen LogP contribution < -0.4 is 10.4 Å². The molecule has 2 heterocycles. The number of aromatic amines is 1. The van der Waals surface area contributed by atoms with E-state index in [1.807, 2.05) is 22.8 Å². The highest BCUT2D eigenvalue weighted by Crippen LogP contribution is 2.28. The number of hydrogen-bond donors (Lipinski definition) is 1. The molecule has 0 spiro atoms. The lowest BCUT2D eigenvalue weighted by Crippen LogP contribution is -2.42. The number of benzene rings is 1. The first-order valence-electron chi connectivity index (χ1n) is 7.63. The molecule has 1 fully saturated rings. The van der Waals surface area contributed by atoms with Gasteiger partial charge in [-0.2, -0.15) is 0 Å². The van der Waals surface area contributed by atoms with Crippen LogP contribution in [0.2, 0.25) is 0 Å². The van der Waals surface area contributed by atoms with Crippen molar-refractivity contribution in [2.45, 2.75) is 38.8 Å². The second-order valence-corrected chi connectivity index (χ2v) is 6.04. The molecular formula is C16H23N3O2. The van der Waals surface area contributed by atoms with Gasteiger partial charge in [-0.05, 0) is 45.4 Å². The van der Waals surface area contributed by atoms with E-state index in [9.17, 15) is 4.79 Å². The van der Waals surface area contributed by atoms with Crippen molar-refractivity contribution in [2.75, 3.05) is 20.2 Å². The Morgan fingerprint density at radius 3 is 2.90 bits per heavy atom. The molecule has 5 nitrogen and oxygen atoms in total. The highest BCUT2D eigenvalue weighted by Gasteiger charge is 2.25. The average molecular weight is 289 g/mol. The standard InChI is InChI=1S/C16H23N3O2/c1-11(2)18-9-5-6-12(10-18)19-13-7-4-8-14(21-3)15(13)17-16(19)20/h4,7-8,11-12H,5-6,9-10H2,1-3H3,(H,17,20). The molecule has 1 saturated heterocycles. The Bertz CT molecular complexity index is 686. The van der Waals surface area contributed by atoms with Gasteiger partial charge in [0.05, 0.1) is 18.7 Å². The molecule has 1 unspecified atom stereocenters. The van der Waals surface area contributed by atoms with Gasteiger partial charge in [0.1, 0.15) is 11.3 Å². The van der Waals surface area contributed by atoms with Crippen molar-refractivity contribution < 1.29 is 4.74 Å². The molecule has 114 valence electrons. The van der Waals surface area contributed by atoms with Gasteiger partial charge in [0.15, 0.2) is 0 Å². The number of fused-ring (bicyclic) bond motifs is 1. The van der Waals surface area contributed by atoms with E-state index < -0.39 is 0 Å². The average Bonchev–Trinajstić information content (AvgIpc) is 2.83. The smallest absolute Gasteiger partial charge is 0.326 e. The van der Waals surface area contributed by atoms with E-state index in [2.05, 4.69) is 23.7 Å². The van der Waals surface area contributed by atoms with Crippen LogP contribution in [0, 0.1) is 0 Å². The van der Waals surface area contributed by atoms with Crippen LogP contribution in [0.5, 0.6) is 5.75 Å². The topological polar surface area (TPSA) is 50.3 Å². The van der Waals surface area contributed by atoms with E-state index in [1.165, 1.54) is 0 Å². The van der Waals surface area contributed by atoms with Crippen LogP contribution >= 0.6 is 0 Å². The van der Waals surface area contributed by atoms with Gasteiger partial charge in [-0.25, -0.2) is 4.79 Å². The Morgan fingerprint density at radius 2 is 2.19 bits per heavy atom. The molecule has 1 N–H and O–H groups in total. The Labute approximate surface area is 124 Å². The van der Waals surface area contributed by atoms with E-state index >= 15 is 0 Å². The number of methoxy groups -OCH3 is 1. The van der Waals surface area contributed by atoms with Gasteiger partial charge in [0, 0.05) is 12.6 Å².